The van der Waals surface area contributed by atoms with Gasteiger partial charge >= 0.3 is 0 Å². The fraction of sp³-hybridized carbons (Fsp3) is 0.857. The molecule has 0 radical (unpaired) electrons. The molecule has 0 bridgehead atoms. The molecule has 0 spiro atoms. The second-order valence-electron chi connectivity index (χ2n) is 6.29. The Balaban J connectivity index is 1.74. The molecular formula is C14H28N4S4+2. The van der Waals surface area contributed by atoms with Crippen molar-refractivity contribution in [3.8, 4) is 0 Å². The van der Waals surface area contributed by atoms with Gasteiger partial charge in [0, 0.05) is 25.9 Å². The highest BCUT2D eigenvalue weighted by atomic mass is 33.1. The molecule has 0 aromatic carbocycles. The van der Waals surface area contributed by atoms with Crippen LogP contribution in [0.3, 0.4) is 0 Å². The van der Waals surface area contributed by atoms with Gasteiger partial charge in [-0.3, -0.25) is 0 Å². The standard InChI is InChI=1S/C14H26N4S4/c1-15-5-3-7-17(11-9-15)13(19)21-22-14(20)18-8-4-6-16(2)10-12-18/h3-12H2,1-2H3/p+2. The first-order valence-corrected chi connectivity index (χ1v) is 11.1. The van der Waals surface area contributed by atoms with Crippen molar-refractivity contribution in [3.05, 3.63) is 0 Å². The number of rotatable bonds is 0. The number of quaternary nitrogens is 2. The summed E-state index contributed by atoms with van der Waals surface area (Å²) in [7, 11) is 7.89. The maximum Gasteiger partial charge on any atom is 0.147 e. The van der Waals surface area contributed by atoms with Crippen LogP contribution in [0, 0.1) is 0 Å². The minimum Gasteiger partial charge on any atom is -0.351 e. The van der Waals surface area contributed by atoms with Gasteiger partial charge in [-0.1, -0.05) is 24.4 Å². The van der Waals surface area contributed by atoms with Crippen molar-refractivity contribution in [1.29, 1.82) is 0 Å². The molecule has 4 nitrogen and oxygen atoms in total. The lowest BCUT2D eigenvalue weighted by molar-refractivity contribution is -0.877. The first kappa shape index (κ1) is 18.7. The molecule has 0 aliphatic carbocycles. The third-order valence-corrected chi connectivity index (χ3v) is 8.11. The highest BCUT2D eigenvalue weighted by molar-refractivity contribution is 8.89. The van der Waals surface area contributed by atoms with E-state index < -0.39 is 0 Å². The molecule has 2 saturated heterocycles. The van der Waals surface area contributed by atoms with Gasteiger partial charge in [0.15, 0.2) is 0 Å². The van der Waals surface area contributed by atoms with Crippen molar-refractivity contribution in [2.75, 3.05) is 66.5 Å². The summed E-state index contributed by atoms with van der Waals surface area (Å²) in [6.45, 7) is 9.18. The van der Waals surface area contributed by atoms with E-state index in [2.05, 4.69) is 23.9 Å². The molecule has 2 heterocycles. The Hall–Kier alpha value is 0.400. The molecular weight excluding hydrogens is 352 g/mol. The number of nitrogens with zero attached hydrogens (tertiary/aromatic N) is 2. The predicted octanol–water partition coefficient (Wildman–Crippen LogP) is -0.622. The van der Waals surface area contributed by atoms with Crippen LogP contribution in [0.25, 0.3) is 0 Å². The lowest BCUT2D eigenvalue weighted by Crippen LogP contribution is -3.09. The fourth-order valence-electron chi connectivity index (χ4n) is 2.81. The van der Waals surface area contributed by atoms with Crippen LogP contribution in [0.4, 0.5) is 0 Å². The van der Waals surface area contributed by atoms with E-state index >= 15 is 0 Å². The lowest BCUT2D eigenvalue weighted by Gasteiger charge is -2.24. The fourth-order valence-corrected chi connectivity index (χ4v) is 5.57. The molecule has 2 atom stereocenters. The predicted molar refractivity (Wildman–Crippen MR) is 106 cm³/mol. The summed E-state index contributed by atoms with van der Waals surface area (Å²) >= 11 is 11.2. The van der Waals surface area contributed by atoms with E-state index in [-0.39, 0.29) is 0 Å². The Bertz CT molecular complexity index is 357. The lowest BCUT2D eigenvalue weighted by atomic mass is 10.4. The summed E-state index contributed by atoms with van der Waals surface area (Å²) in [6.07, 6.45) is 2.45. The van der Waals surface area contributed by atoms with Crippen LogP contribution in [-0.4, -0.2) is 84.9 Å². The van der Waals surface area contributed by atoms with Crippen LogP contribution in [0.2, 0.25) is 0 Å². The molecule has 0 saturated carbocycles. The summed E-state index contributed by atoms with van der Waals surface area (Å²) in [5.41, 5.74) is 0. The van der Waals surface area contributed by atoms with E-state index in [1.807, 2.05) is 0 Å². The third-order valence-electron chi connectivity index (χ3n) is 4.38. The zero-order valence-corrected chi connectivity index (χ0v) is 16.9. The molecule has 8 heteroatoms. The largest absolute Gasteiger partial charge is 0.351 e. The molecule has 22 heavy (non-hydrogen) atoms. The van der Waals surface area contributed by atoms with Gasteiger partial charge in [0.1, 0.15) is 8.64 Å². The molecule has 2 aliphatic heterocycles. The maximum atomic E-state index is 5.61. The Morgan fingerprint density at radius 3 is 1.55 bits per heavy atom. The zero-order valence-electron chi connectivity index (χ0n) is 13.6. The Morgan fingerprint density at radius 1 is 0.727 bits per heavy atom. The van der Waals surface area contributed by atoms with Gasteiger partial charge in [-0.2, -0.15) is 0 Å². The monoisotopic (exact) mass is 380 g/mol. The summed E-state index contributed by atoms with van der Waals surface area (Å²) < 4.78 is 2.00. The van der Waals surface area contributed by atoms with Crippen molar-refractivity contribution in [1.82, 2.24) is 9.80 Å². The average Bonchev–Trinajstić information content (AvgIpc) is 2.84. The van der Waals surface area contributed by atoms with Crippen LogP contribution < -0.4 is 9.80 Å². The van der Waals surface area contributed by atoms with Crippen molar-refractivity contribution < 1.29 is 9.80 Å². The molecule has 2 rings (SSSR count). The van der Waals surface area contributed by atoms with Gasteiger partial charge in [-0.25, -0.2) is 0 Å². The smallest absolute Gasteiger partial charge is 0.147 e. The van der Waals surface area contributed by atoms with Gasteiger partial charge in [0.25, 0.3) is 0 Å². The second-order valence-corrected chi connectivity index (χ2v) is 9.69. The number of thiocarbonyl (C=S) groups is 2. The van der Waals surface area contributed by atoms with Gasteiger partial charge < -0.3 is 19.6 Å². The van der Waals surface area contributed by atoms with Crippen LogP contribution in [0.15, 0.2) is 0 Å². The molecule has 0 amide bonds. The van der Waals surface area contributed by atoms with E-state index in [4.69, 9.17) is 24.4 Å². The normalized spacial score (nSPS) is 27.2. The van der Waals surface area contributed by atoms with Crippen molar-refractivity contribution in [2.45, 2.75) is 12.8 Å². The first-order chi connectivity index (χ1) is 10.6. The molecule has 0 aromatic rings. The highest BCUT2D eigenvalue weighted by Crippen LogP contribution is 2.28. The van der Waals surface area contributed by atoms with Crippen LogP contribution in [-0.2, 0) is 0 Å². The van der Waals surface area contributed by atoms with Gasteiger partial charge in [-0.05, 0) is 21.6 Å². The summed E-state index contributed by atoms with van der Waals surface area (Å²) in [4.78, 5) is 7.92. The number of likely N-dealkylation sites (N-methyl/N-ethyl adjacent to an activating group) is 2. The van der Waals surface area contributed by atoms with Crippen molar-refractivity contribution >= 4 is 54.7 Å². The molecule has 0 aromatic heterocycles. The highest BCUT2D eigenvalue weighted by Gasteiger charge is 2.20. The van der Waals surface area contributed by atoms with E-state index in [9.17, 15) is 0 Å². The van der Waals surface area contributed by atoms with Gasteiger partial charge in [-0.15, -0.1) is 0 Å². The van der Waals surface area contributed by atoms with Crippen molar-refractivity contribution in [3.63, 3.8) is 0 Å². The zero-order chi connectivity index (χ0) is 15.9. The Morgan fingerprint density at radius 2 is 1.14 bits per heavy atom. The molecule has 2 N–H and O–H groups in total. The molecule has 2 aliphatic rings. The van der Waals surface area contributed by atoms with Crippen LogP contribution in [0.5, 0.6) is 0 Å². The first-order valence-electron chi connectivity index (χ1n) is 8.11. The minimum absolute atomic E-state index is 1.000. The summed E-state index contributed by atoms with van der Waals surface area (Å²) in [6, 6.07) is 0. The summed E-state index contributed by atoms with van der Waals surface area (Å²) in [5, 5.41) is 0. The number of nitrogens with one attached hydrogen (secondary N) is 2. The van der Waals surface area contributed by atoms with E-state index in [0.717, 1.165) is 34.8 Å². The van der Waals surface area contributed by atoms with Gasteiger partial charge in [0.2, 0.25) is 0 Å². The summed E-state index contributed by atoms with van der Waals surface area (Å²) in [5.74, 6) is 0. The number of hydrogen-bond donors (Lipinski definition) is 2. The van der Waals surface area contributed by atoms with Gasteiger partial charge in [0.05, 0.1) is 53.4 Å². The van der Waals surface area contributed by atoms with E-state index in [1.165, 1.54) is 39.0 Å². The topological polar surface area (TPSA) is 15.4 Å². The van der Waals surface area contributed by atoms with Crippen LogP contribution in [0.1, 0.15) is 12.8 Å². The SMILES string of the molecule is C[NH+]1CCCN(C(=S)SSC(=S)N2CCC[NH+](C)CC2)CC1. The van der Waals surface area contributed by atoms with E-state index in [0.29, 0.717) is 0 Å². The quantitative estimate of drug-likeness (QED) is 0.427. The third kappa shape index (κ3) is 6.13. The average molecular weight is 381 g/mol. The molecule has 126 valence electrons. The molecule has 2 fully saturated rings. The maximum absolute atomic E-state index is 5.61. The Kier molecular flexibility index (Phi) is 8.21. The second kappa shape index (κ2) is 9.64. The van der Waals surface area contributed by atoms with Crippen molar-refractivity contribution in [2.24, 2.45) is 0 Å². The van der Waals surface area contributed by atoms with Crippen LogP contribution >= 0.6 is 46.0 Å². The minimum atomic E-state index is 1.000. The number of hydrogen-bond acceptors (Lipinski definition) is 4. The van der Waals surface area contributed by atoms with E-state index in [1.54, 1.807) is 31.4 Å². The Labute approximate surface area is 153 Å². The molecule has 2 unspecified atom stereocenters.